The number of H-pyrrole nitrogens is 1. The first-order valence-electron chi connectivity index (χ1n) is 10.1. The number of pyridine rings is 1. The molecule has 0 atom stereocenters. The molecule has 3 aromatic rings. The molecule has 1 amide bonds. The Morgan fingerprint density at radius 2 is 1.86 bits per heavy atom. The Kier molecular flexibility index (Phi) is 7.74. The summed E-state index contributed by atoms with van der Waals surface area (Å²) < 4.78 is 5.28. The van der Waals surface area contributed by atoms with Crippen LogP contribution in [0.2, 0.25) is 0 Å². The second-order valence-electron chi connectivity index (χ2n) is 6.91. The fraction of sp³-hybridized carbons (Fsp3) is 0.364. The van der Waals surface area contributed by atoms with E-state index in [1.165, 1.54) is 32.0 Å². The lowest BCUT2D eigenvalue weighted by Crippen LogP contribution is -2.14. The van der Waals surface area contributed by atoms with E-state index < -0.39 is 6.09 Å². The molecule has 3 rings (SSSR count). The molecule has 0 spiro atoms. The van der Waals surface area contributed by atoms with Gasteiger partial charge in [0.25, 0.3) is 0 Å². The topological polar surface area (TPSA) is 92.8 Å². The highest BCUT2D eigenvalue weighted by Gasteiger charge is 2.07. The predicted molar refractivity (Wildman–Crippen MR) is 113 cm³/mol. The van der Waals surface area contributed by atoms with E-state index in [-0.39, 0.29) is 0 Å². The monoisotopic (exact) mass is 393 g/mol. The van der Waals surface area contributed by atoms with Crippen molar-refractivity contribution in [1.29, 1.82) is 0 Å². The van der Waals surface area contributed by atoms with Crippen LogP contribution in [0.25, 0.3) is 22.5 Å². The van der Waals surface area contributed by atoms with Gasteiger partial charge in [-0.25, -0.2) is 9.78 Å². The van der Waals surface area contributed by atoms with Crippen molar-refractivity contribution >= 4 is 11.8 Å². The molecule has 0 saturated carbocycles. The number of anilines is 1. The molecule has 7 heteroatoms. The summed E-state index contributed by atoms with van der Waals surface area (Å²) in [7, 11) is 0. The number of nitrogens with zero attached hydrogens (tertiary/aromatic N) is 3. The fourth-order valence-electron chi connectivity index (χ4n) is 3.05. The van der Waals surface area contributed by atoms with Gasteiger partial charge in [0.05, 0.1) is 6.61 Å². The maximum Gasteiger partial charge on any atom is 0.411 e. The first-order valence-corrected chi connectivity index (χ1v) is 10.1. The maximum atomic E-state index is 12.0. The third-order valence-corrected chi connectivity index (χ3v) is 4.60. The Morgan fingerprint density at radius 3 is 2.69 bits per heavy atom. The average Bonchev–Trinajstić information content (AvgIpc) is 3.28. The molecule has 29 heavy (non-hydrogen) atoms. The van der Waals surface area contributed by atoms with E-state index in [0.717, 1.165) is 29.5 Å². The number of carbonyl (C=O) groups is 1. The molecule has 0 aliphatic heterocycles. The lowest BCUT2D eigenvalue weighted by molar-refractivity contribution is 0.159. The van der Waals surface area contributed by atoms with Gasteiger partial charge in [0.15, 0.2) is 5.82 Å². The van der Waals surface area contributed by atoms with Gasteiger partial charge in [0, 0.05) is 29.2 Å². The largest absolute Gasteiger partial charge is 0.449 e. The second-order valence-corrected chi connectivity index (χ2v) is 6.91. The van der Waals surface area contributed by atoms with Gasteiger partial charge in [-0.1, -0.05) is 51.2 Å². The van der Waals surface area contributed by atoms with E-state index in [1.54, 1.807) is 12.4 Å². The minimum Gasteiger partial charge on any atom is -0.449 e. The number of carbonyl (C=O) groups excluding carboxylic acids is 1. The first-order chi connectivity index (χ1) is 14.3. The third kappa shape index (κ3) is 6.41. The van der Waals surface area contributed by atoms with Crippen molar-refractivity contribution in [3.8, 4) is 22.5 Å². The summed E-state index contributed by atoms with van der Waals surface area (Å²) in [4.78, 5) is 20.5. The molecular formula is C22H27N5O2. The lowest BCUT2D eigenvalue weighted by atomic mass is 10.1. The number of ether oxygens (including phenoxy) is 1. The van der Waals surface area contributed by atoms with Crippen LogP contribution in [0.1, 0.15) is 45.4 Å². The van der Waals surface area contributed by atoms with Gasteiger partial charge in [0.2, 0.25) is 0 Å². The Labute approximate surface area is 170 Å². The standard InChI is InChI=1S/C22H27N5O2/c1-2-3-4-5-6-7-11-29-22(28)26-20-10-8-9-17(13-20)18-12-19(15-23-14-18)21-24-16-25-27-21/h8-10,12-16H,2-7,11H2,1H3,(H,26,28)(H,24,25,27). The summed E-state index contributed by atoms with van der Waals surface area (Å²) in [6.45, 7) is 2.65. The first kappa shape index (κ1) is 20.5. The summed E-state index contributed by atoms with van der Waals surface area (Å²) in [5, 5.41) is 9.50. The molecule has 2 aromatic heterocycles. The van der Waals surface area contributed by atoms with E-state index in [9.17, 15) is 4.79 Å². The van der Waals surface area contributed by atoms with E-state index in [0.29, 0.717) is 18.1 Å². The summed E-state index contributed by atoms with van der Waals surface area (Å²) >= 11 is 0. The van der Waals surface area contributed by atoms with Crippen LogP contribution < -0.4 is 5.32 Å². The molecule has 0 bridgehead atoms. The highest BCUT2D eigenvalue weighted by molar-refractivity contribution is 5.86. The molecule has 2 N–H and O–H groups in total. The number of amides is 1. The lowest BCUT2D eigenvalue weighted by Gasteiger charge is -2.09. The van der Waals surface area contributed by atoms with Gasteiger partial charge in [-0.2, -0.15) is 5.10 Å². The fourth-order valence-corrected chi connectivity index (χ4v) is 3.05. The highest BCUT2D eigenvalue weighted by Crippen LogP contribution is 2.25. The van der Waals surface area contributed by atoms with Crippen molar-refractivity contribution in [2.75, 3.05) is 11.9 Å². The van der Waals surface area contributed by atoms with Crippen LogP contribution >= 0.6 is 0 Å². The van der Waals surface area contributed by atoms with Gasteiger partial charge in [0.1, 0.15) is 6.33 Å². The quantitative estimate of drug-likeness (QED) is 0.447. The maximum absolute atomic E-state index is 12.0. The molecular weight excluding hydrogens is 366 g/mol. The summed E-state index contributed by atoms with van der Waals surface area (Å²) in [5.74, 6) is 0.659. The minimum atomic E-state index is -0.427. The average molecular weight is 393 g/mol. The zero-order chi connectivity index (χ0) is 20.3. The molecule has 0 saturated heterocycles. The summed E-state index contributed by atoms with van der Waals surface area (Å²) in [5.41, 5.74) is 3.38. The minimum absolute atomic E-state index is 0.427. The molecule has 0 unspecified atom stereocenters. The number of rotatable bonds is 10. The molecule has 7 nitrogen and oxygen atoms in total. The van der Waals surface area contributed by atoms with E-state index in [2.05, 4.69) is 32.4 Å². The molecule has 152 valence electrons. The van der Waals surface area contributed by atoms with Crippen LogP contribution in [0.3, 0.4) is 0 Å². The number of aromatic nitrogens is 4. The van der Waals surface area contributed by atoms with Crippen LogP contribution in [0.5, 0.6) is 0 Å². The molecule has 0 fully saturated rings. The van der Waals surface area contributed by atoms with Gasteiger partial charge < -0.3 is 4.74 Å². The SMILES string of the molecule is CCCCCCCCOC(=O)Nc1cccc(-c2cncc(-c3ncn[nH]3)c2)c1. The molecule has 0 radical (unpaired) electrons. The zero-order valence-electron chi connectivity index (χ0n) is 16.7. The highest BCUT2D eigenvalue weighted by atomic mass is 16.5. The van der Waals surface area contributed by atoms with Crippen molar-refractivity contribution in [2.24, 2.45) is 0 Å². The number of hydrogen-bond donors (Lipinski definition) is 2. The Hall–Kier alpha value is -3.22. The molecule has 2 heterocycles. The van der Waals surface area contributed by atoms with Gasteiger partial charge >= 0.3 is 6.09 Å². The van der Waals surface area contributed by atoms with E-state index in [4.69, 9.17) is 4.74 Å². The molecule has 0 aliphatic carbocycles. The Morgan fingerprint density at radius 1 is 1.03 bits per heavy atom. The van der Waals surface area contributed by atoms with Crippen LogP contribution in [0.4, 0.5) is 10.5 Å². The summed E-state index contributed by atoms with van der Waals surface area (Å²) in [6, 6.07) is 9.56. The third-order valence-electron chi connectivity index (χ3n) is 4.60. The van der Waals surface area contributed by atoms with Crippen LogP contribution in [0.15, 0.2) is 49.1 Å². The number of hydrogen-bond acceptors (Lipinski definition) is 5. The summed E-state index contributed by atoms with van der Waals surface area (Å²) in [6.07, 6.45) is 11.5. The smallest absolute Gasteiger partial charge is 0.411 e. The number of unbranched alkanes of at least 4 members (excludes halogenated alkanes) is 5. The normalized spacial score (nSPS) is 10.7. The van der Waals surface area contributed by atoms with Crippen LogP contribution in [-0.2, 0) is 4.74 Å². The van der Waals surface area contributed by atoms with Gasteiger partial charge in [-0.15, -0.1) is 0 Å². The Bertz CT molecular complexity index is 896. The second kappa shape index (κ2) is 10.9. The van der Waals surface area contributed by atoms with Crippen molar-refractivity contribution in [1.82, 2.24) is 20.2 Å². The van der Waals surface area contributed by atoms with Crippen molar-refractivity contribution in [3.05, 3.63) is 49.1 Å². The van der Waals surface area contributed by atoms with E-state index >= 15 is 0 Å². The van der Waals surface area contributed by atoms with Gasteiger partial charge in [-0.05, 0) is 30.2 Å². The van der Waals surface area contributed by atoms with Crippen molar-refractivity contribution in [2.45, 2.75) is 45.4 Å². The van der Waals surface area contributed by atoms with Crippen LogP contribution in [0, 0.1) is 0 Å². The molecule has 0 aliphatic rings. The zero-order valence-corrected chi connectivity index (χ0v) is 16.7. The Balaban J connectivity index is 1.53. The van der Waals surface area contributed by atoms with Crippen molar-refractivity contribution in [3.63, 3.8) is 0 Å². The van der Waals surface area contributed by atoms with Crippen molar-refractivity contribution < 1.29 is 9.53 Å². The van der Waals surface area contributed by atoms with E-state index in [1.807, 2.05) is 30.3 Å². The van der Waals surface area contributed by atoms with Gasteiger partial charge in [-0.3, -0.25) is 15.4 Å². The number of aromatic amines is 1. The predicted octanol–water partition coefficient (Wildman–Crippen LogP) is 5.44. The molecule has 1 aromatic carbocycles. The number of nitrogens with one attached hydrogen (secondary N) is 2. The van der Waals surface area contributed by atoms with Crippen LogP contribution in [-0.4, -0.2) is 32.9 Å². The number of benzene rings is 1.